The molecule has 1 aliphatic rings. The van der Waals surface area contributed by atoms with Crippen molar-refractivity contribution in [1.29, 1.82) is 0 Å². The molecule has 12 nitrogen and oxygen atoms in total. The van der Waals surface area contributed by atoms with Gasteiger partial charge in [0.05, 0.1) is 6.04 Å². The van der Waals surface area contributed by atoms with Gasteiger partial charge in [-0.15, -0.1) is 0 Å². The van der Waals surface area contributed by atoms with E-state index < -0.39 is 47.9 Å². The number of primary amides is 1. The molecule has 1 aliphatic heterocycles. The Labute approximate surface area is 216 Å². The highest BCUT2D eigenvalue weighted by atomic mass is 16.4. The van der Waals surface area contributed by atoms with Crippen LogP contribution in [0.3, 0.4) is 0 Å². The predicted octanol–water partition coefficient (Wildman–Crippen LogP) is -1.09. The zero-order valence-electron chi connectivity index (χ0n) is 20.9. The minimum atomic E-state index is -1.23. The molecule has 9 N–H and O–H groups in total. The number of carboxylic acids is 1. The van der Waals surface area contributed by atoms with Gasteiger partial charge in [-0.3, -0.25) is 19.2 Å². The van der Waals surface area contributed by atoms with Gasteiger partial charge >= 0.3 is 5.97 Å². The van der Waals surface area contributed by atoms with Crippen molar-refractivity contribution in [2.75, 3.05) is 13.1 Å². The van der Waals surface area contributed by atoms with Gasteiger partial charge in [0, 0.05) is 12.8 Å². The number of hydrogen-bond donors (Lipinski definition) is 7. The largest absolute Gasteiger partial charge is 0.480 e. The molecular formula is C25H38N6O6. The SMILES string of the molecule is NCCCCC(NC(=O)C(CCC(N)=O)NC(=O)C(Cc1ccccc1)NC(=O)C1CCCN1)C(=O)O. The monoisotopic (exact) mass is 518 g/mol. The van der Waals surface area contributed by atoms with E-state index in [1.807, 2.05) is 30.3 Å². The first-order valence-corrected chi connectivity index (χ1v) is 12.6. The zero-order valence-corrected chi connectivity index (χ0v) is 20.9. The maximum Gasteiger partial charge on any atom is 0.326 e. The fourth-order valence-corrected chi connectivity index (χ4v) is 4.09. The number of rotatable bonds is 16. The maximum absolute atomic E-state index is 13.3. The Kier molecular flexibility index (Phi) is 12.5. The van der Waals surface area contributed by atoms with Crippen molar-refractivity contribution < 1.29 is 29.1 Å². The zero-order chi connectivity index (χ0) is 27.2. The summed E-state index contributed by atoms with van der Waals surface area (Å²) in [5.74, 6) is -3.60. The Hall–Kier alpha value is -3.51. The number of unbranched alkanes of at least 4 members (excludes halogenated alkanes) is 1. The van der Waals surface area contributed by atoms with Crippen LogP contribution < -0.4 is 32.7 Å². The predicted molar refractivity (Wildman–Crippen MR) is 136 cm³/mol. The summed E-state index contributed by atoms with van der Waals surface area (Å²) in [6.45, 7) is 1.10. The van der Waals surface area contributed by atoms with Crippen molar-refractivity contribution in [3.05, 3.63) is 35.9 Å². The molecule has 204 valence electrons. The van der Waals surface area contributed by atoms with Crippen LogP contribution in [0.25, 0.3) is 0 Å². The van der Waals surface area contributed by atoms with Gasteiger partial charge in [0.25, 0.3) is 0 Å². The van der Waals surface area contributed by atoms with E-state index in [-0.39, 0.29) is 31.6 Å². The molecule has 1 fully saturated rings. The summed E-state index contributed by atoms with van der Waals surface area (Å²) in [5.41, 5.74) is 11.5. The van der Waals surface area contributed by atoms with Crippen LogP contribution in [0.5, 0.6) is 0 Å². The Balaban J connectivity index is 2.16. The number of carbonyl (C=O) groups excluding carboxylic acids is 4. The Morgan fingerprint density at radius 2 is 1.62 bits per heavy atom. The average Bonchev–Trinajstić information content (AvgIpc) is 3.41. The lowest BCUT2D eigenvalue weighted by molar-refractivity contribution is -0.142. The Bertz CT molecular complexity index is 922. The second kappa shape index (κ2) is 15.6. The van der Waals surface area contributed by atoms with E-state index in [9.17, 15) is 29.1 Å². The number of carboxylic acid groups (broad SMARTS) is 1. The number of benzene rings is 1. The van der Waals surface area contributed by atoms with E-state index in [4.69, 9.17) is 11.5 Å². The number of carbonyl (C=O) groups is 5. The first-order valence-electron chi connectivity index (χ1n) is 12.6. The standard InChI is InChI=1S/C25H38N6O6/c26-13-5-4-9-19(25(36)37)30-23(34)18(11-12-21(27)32)29-24(35)20(15-16-7-2-1-3-8-16)31-22(33)17-10-6-14-28-17/h1-3,7-8,17-20,28H,4-6,9-15,26H2,(H2,27,32)(H,29,35)(H,30,34)(H,31,33)(H,36,37). The maximum atomic E-state index is 13.3. The molecule has 0 radical (unpaired) electrons. The van der Waals surface area contributed by atoms with E-state index >= 15 is 0 Å². The summed E-state index contributed by atoms with van der Waals surface area (Å²) in [6, 6.07) is 5.26. The molecule has 12 heteroatoms. The Morgan fingerprint density at radius 3 is 2.22 bits per heavy atom. The summed E-state index contributed by atoms with van der Waals surface area (Å²) in [6.07, 6.45) is 2.59. The fraction of sp³-hybridized carbons (Fsp3) is 0.560. The second-order valence-corrected chi connectivity index (χ2v) is 9.15. The molecule has 1 aromatic rings. The summed E-state index contributed by atoms with van der Waals surface area (Å²) >= 11 is 0. The molecule has 0 spiro atoms. The molecule has 0 aromatic heterocycles. The second-order valence-electron chi connectivity index (χ2n) is 9.15. The molecule has 2 rings (SSSR count). The van der Waals surface area contributed by atoms with Crippen molar-refractivity contribution in [3.63, 3.8) is 0 Å². The molecule has 0 bridgehead atoms. The van der Waals surface area contributed by atoms with Crippen LogP contribution in [0.4, 0.5) is 0 Å². The molecule has 1 saturated heterocycles. The highest BCUT2D eigenvalue weighted by Crippen LogP contribution is 2.09. The molecule has 4 unspecified atom stereocenters. The summed E-state index contributed by atoms with van der Waals surface area (Å²) in [7, 11) is 0. The highest BCUT2D eigenvalue weighted by Gasteiger charge is 2.31. The number of hydrogen-bond acceptors (Lipinski definition) is 7. The van der Waals surface area contributed by atoms with Crippen LogP contribution in [0, 0.1) is 0 Å². The smallest absolute Gasteiger partial charge is 0.326 e. The fourth-order valence-electron chi connectivity index (χ4n) is 4.09. The number of nitrogens with one attached hydrogen (secondary N) is 4. The van der Waals surface area contributed by atoms with E-state index in [1.165, 1.54) is 0 Å². The van der Waals surface area contributed by atoms with Gasteiger partial charge < -0.3 is 37.8 Å². The minimum Gasteiger partial charge on any atom is -0.480 e. The van der Waals surface area contributed by atoms with Gasteiger partial charge in [0.15, 0.2) is 0 Å². The van der Waals surface area contributed by atoms with Crippen molar-refractivity contribution in [2.45, 2.75) is 75.5 Å². The van der Waals surface area contributed by atoms with Gasteiger partial charge in [-0.1, -0.05) is 30.3 Å². The van der Waals surface area contributed by atoms with Gasteiger partial charge in [0.1, 0.15) is 18.1 Å². The van der Waals surface area contributed by atoms with Crippen molar-refractivity contribution in [2.24, 2.45) is 11.5 Å². The van der Waals surface area contributed by atoms with E-state index in [0.717, 1.165) is 12.0 Å². The first-order chi connectivity index (χ1) is 17.7. The molecule has 37 heavy (non-hydrogen) atoms. The third-order valence-electron chi connectivity index (χ3n) is 6.17. The van der Waals surface area contributed by atoms with Crippen molar-refractivity contribution in [1.82, 2.24) is 21.3 Å². The van der Waals surface area contributed by atoms with Crippen LogP contribution >= 0.6 is 0 Å². The van der Waals surface area contributed by atoms with Crippen molar-refractivity contribution >= 4 is 29.6 Å². The number of amides is 4. The Morgan fingerprint density at radius 1 is 0.946 bits per heavy atom. The van der Waals surface area contributed by atoms with E-state index in [0.29, 0.717) is 32.4 Å². The lowest BCUT2D eigenvalue weighted by atomic mass is 10.0. The lowest BCUT2D eigenvalue weighted by Crippen LogP contribution is -2.57. The van der Waals surface area contributed by atoms with Crippen LogP contribution in [0.2, 0.25) is 0 Å². The molecule has 4 amide bonds. The minimum absolute atomic E-state index is 0.127. The number of nitrogens with two attached hydrogens (primary N) is 2. The van der Waals surface area contributed by atoms with Crippen LogP contribution in [-0.4, -0.2) is 72.0 Å². The van der Waals surface area contributed by atoms with Crippen LogP contribution in [0.15, 0.2) is 30.3 Å². The molecule has 0 aliphatic carbocycles. The quantitative estimate of drug-likeness (QED) is 0.134. The molecule has 1 aromatic carbocycles. The summed E-state index contributed by atoms with van der Waals surface area (Å²) < 4.78 is 0. The van der Waals surface area contributed by atoms with E-state index in [2.05, 4.69) is 21.3 Å². The van der Waals surface area contributed by atoms with Gasteiger partial charge in [-0.2, -0.15) is 0 Å². The van der Waals surface area contributed by atoms with Gasteiger partial charge in [0.2, 0.25) is 23.6 Å². The molecular weight excluding hydrogens is 480 g/mol. The third-order valence-corrected chi connectivity index (χ3v) is 6.17. The molecule has 4 atom stereocenters. The lowest BCUT2D eigenvalue weighted by Gasteiger charge is -2.25. The summed E-state index contributed by atoms with van der Waals surface area (Å²) in [5, 5.41) is 20.4. The molecule has 1 heterocycles. The van der Waals surface area contributed by atoms with Gasteiger partial charge in [-0.05, 0) is 57.2 Å². The highest BCUT2D eigenvalue weighted by molar-refractivity contribution is 5.94. The first kappa shape index (κ1) is 29.7. The normalized spacial score (nSPS) is 17.3. The molecule has 0 saturated carbocycles. The van der Waals surface area contributed by atoms with Crippen molar-refractivity contribution in [3.8, 4) is 0 Å². The third kappa shape index (κ3) is 10.6. The summed E-state index contributed by atoms with van der Waals surface area (Å²) in [4.78, 5) is 62.1. The van der Waals surface area contributed by atoms with Gasteiger partial charge in [-0.25, -0.2) is 4.79 Å². The topological polar surface area (TPSA) is 206 Å². The van der Waals surface area contributed by atoms with Crippen LogP contribution in [-0.2, 0) is 30.4 Å². The average molecular weight is 519 g/mol. The van der Waals surface area contributed by atoms with Crippen LogP contribution in [0.1, 0.15) is 50.5 Å². The number of aliphatic carboxylic acids is 1. The van der Waals surface area contributed by atoms with E-state index in [1.54, 1.807) is 0 Å².